The van der Waals surface area contributed by atoms with Crippen molar-refractivity contribution in [3.63, 3.8) is 0 Å². The first-order valence-corrected chi connectivity index (χ1v) is 7.95. The molecule has 0 atom stereocenters. The van der Waals surface area contributed by atoms with E-state index < -0.39 is 5.82 Å². The average molecular weight is 346 g/mol. The van der Waals surface area contributed by atoms with E-state index in [1.807, 2.05) is 38.1 Å². The highest BCUT2D eigenvalue weighted by molar-refractivity contribution is 7.80. The summed E-state index contributed by atoms with van der Waals surface area (Å²) in [4.78, 5) is 11.9. The van der Waals surface area contributed by atoms with Crippen LogP contribution in [-0.4, -0.2) is 17.1 Å². The first-order valence-electron chi connectivity index (χ1n) is 7.54. The predicted molar refractivity (Wildman–Crippen MR) is 95.5 cm³/mol. The molecule has 0 aromatic heterocycles. The van der Waals surface area contributed by atoms with Crippen molar-refractivity contribution < 1.29 is 13.9 Å². The molecule has 0 aliphatic carbocycles. The Morgan fingerprint density at radius 2 is 1.75 bits per heavy atom. The SMILES string of the molecule is CC(C)Oc1ccc(CNC(=S)NC(=O)c2ccc(F)cc2)cc1. The van der Waals surface area contributed by atoms with Gasteiger partial charge in [-0.15, -0.1) is 0 Å². The van der Waals surface area contributed by atoms with Gasteiger partial charge in [0.2, 0.25) is 0 Å². The molecule has 0 bridgehead atoms. The van der Waals surface area contributed by atoms with Crippen molar-refractivity contribution in [2.75, 3.05) is 0 Å². The fourth-order valence-electron chi connectivity index (χ4n) is 1.96. The molecular formula is C18H19FN2O2S. The highest BCUT2D eigenvalue weighted by Gasteiger charge is 2.07. The molecule has 0 spiro atoms. The lowest BCUT2D eigenvalue weighted by Gasteiger charge is -2.12. The largest absolute Gasteiger partial charge is 0.491 e. The second-order valence-corrected chi connectivity index (χ2v) is 5.86. The zero-order valence-electron chi connectivity index (χ0n) is 13.5. The summed E-state index contributed by atoms with van der Waals surface area (Å²) in [6.07, 6.45) is 0.128. The minimum Gasteiger partial charge on any atom is -0.491 e. The minimum absolute atomic E-state index is 0.128. The maximum atomic E-state index is 12.8. The van der Waals surface area contributed by atoms with E-state index >= 15 is 0 Å². The third-order valence-electron chi connectivity index (χ3n) is 3.08. The summed E-state index contributed by atoms with van der Waals surface area (Å²) >= 11 is 5.10. The van der Waals surface area contributed by atoms with Gasteiger partial charge in [-0.3, -0.25) is 10.1 Å². The van der Waals surface area contributed by atoms with Crippen LogP contribution in [0.2, 0.25) is 0 Å². The van der Waals surface area contributed by atoms with Crippen LogP contribution in [0.25, 0.3) is 0 Å². The van der Waals surface area contributed by atoms with Crippen LogP contribution in [0.4, 0.5) is 4.39 Å². The van der Waals surface area contributed by atoms with E-state index in [0.29, 0.717) is 12.1 Å². The molecule has 0 saturated heterocycles. The van der Waals surface area contributed by atoms with Gasteiger partial charge >= 0.3 is 0 Å². The van der Waals surface area contributed by atoms with Gasteiger partial charge in [-0.25, -0.2) is 4.39 Å². The molecule has 0 radical (unpaired) electrons. The van der Waals surface area contributed by atoms with Crippen LogP contribution in [0.5, 0.6) is 5.75 Å². The van der Waals surface area contributed by atoms with E-state index in [9.17, 15) is 9.18 Å². The molecule has 1 amide bonds. The Kier molecular flexibility index (Phi) is 6.26. The first kappa shape index (κ1) is 17.9. The van der Waals surface area contributed by atoms with E-state index in [1.165, 1.54) is 24.3 Å². The van der Waals surface area contributed by atoms with Crippen LogP contribution in [0.3, 0.4) is 0 Å². The number of halogens is 1. The van der Waals surface area contributed by atoms with Crippen LogP contribution in [-0.2, 0) is 6.54 Å². The Morgan fingerprint density at radius 3 is 2.33 bits per heavy atom. The minimum atomic E-state index is -0.392. The number of ether oxygens (including phenoxy) is 1. The first-order chi connectivity index (χ1) is 11.4. The van der Waals surface area contributed by atoms with Crippen molar-refractivity contribution in [2.24, 2.45) is 0 Å². The fourth-order valence-corrected chi connectivity index (χ4v) is 2.13. The molecule has 24 heavy (non-hydrogen) atoms. The van der Waals surface area contributed by atoms with Gasteiger partial charge in [0.25, 0.3) is 5.91 Å². The quantitative estimate of drug-likeness (QED) is 0.815. The van der Waals surface area contributed by atoms with Gasteiger partial charge in [-0.1, -0.05) is 12.1 Å². The van der Waals surface area contributed by atoms with Gasteiger partial charge in [0, 0.05) is 12.1 Å². The number of hydrogen-bond acceptors (Lipinski definition) is 3. The van der Waals surface area contributed by atoms with E-state index in [2.05, 4.69) is 10.6 Å². The van der Waals surface area contributed by atoms with E-state index in [1.54, 1.807) is 0 Å². The number of thiocarbonyl (C=S) groups is 1. The molecule has 2 N–H and O–H groups in total. The number of carbonyl (C=O) groups is 1. The third-order valence-corrected chi connectivity index (χ3v) is 3.33. The Bertz CT molecular complexity index is 700. The Morgan fingerprint density at radius 1 is 1.12 bits per heavy atom. The molecule has 0 fully saturated rings. The van der Waals surface area contributed by atoms with Gasteiger partial charge in [0.1, 0.15) is 11.6 Å². The number of carbonyl (C=O) groups excluding carboxylic acids is 1. The van der Waals surface area contributed by atoms with Crippen LogP contribution in [0.15, 0.2) is 48.5 Å². The molecule has 0 aliphatic heterocycles. The zero-order valence-corrected chi connectivity index (χ0v) is 14.3. The number of rotatable bonds is 5. The Balaban J connectivity index is 1.82. The second-order valence-electron chi connectivity index (χ2n) is 5.45. The third kappa shape index (κ3) is 5.62. The molecule has 2 rings (SSSR count). The summed E-state index contributed by atoms with van der Waals surface area (Å²) in [5.41, 5.74) is 1.35. The monoisotopic (exact) mass is 346 g/mol. The summed E-state index contributed by atoms with van der Waals surface area (Å²) in [5.74, 6) is 0.0336. The van der Waals surface area contributed by atoms with Gasteiger partial charge in [0.15, 0.2) is 5.11 Å². The van der Waals surface area contributed by atoms with E-state index in [0.717, 1.165) is 11.3 Å². The van der Waals surface area contributed by atoms with Gasteiger partial charge in [0.05, 0.1) is 6.10 Å². The Labute approximate surface area is 146 Å². The van der Waals surface area contributed by atoms with Crippen molar-refractivity contribution in [3.05, 3.63) is 65.5 Å². The van der Waals surface area contributed by atoms with Crippen LogP contribution in [0, 0.1) is 5.82 Å². The molecule has 126 valence electrons. The average Bonchev–Trinajstić information content (AvgIpc) is 2.54. The van der Waals surface area contributed by atoms with Crippen LogP contribution in [0.1, 0.15) is 29.8 Å². The molecule has 6 heteroatoms. The summed E-state index contributed by atoms with van der Waals surface area (Å²) < 4.78 is 18.4. The highest BCUT2D eigenvalue weighted by Crippen LogP contribution is 2.13. The van der Waals surface area contributed by atoms with Crippen molar-refractivity contribution in [2.45, 2.75) is 26.5 Å². The second kappa shape index (κ2) is 8.40. The van der Waals surface area contributed by atoms with Crippen LogP contribution < -0.4 is 15.4 Å². The topological polar surface area (TPSA) is 50.4 Å². The molecule has 0 aliphatic rings. The Hall–Kier alpha value is -2.47. The van der Waals surface area contributed by atoms with Gasteiger partial charge < -0.3 is 10.1 Å². The lowest BCUT2D eigenvalue weighted by Crippen LogP contribution is -2.38. The van der Waals surface area contributed by atoms with Crippen molar-refractivity contribution in [3.8, 4) is 5.75 Å². The predicted octanol–water partition coefficient (Wildman–Crippen LogP) is 3.42. The number of benzene rings is 2. The van der Waals surface area contributed by atoms with Gasteiger partial charge in [-0.2, -0.15) is 0 Å². The van der Waals surface area contributed by atoms with E-state index in [-0.39, 0.29) is 17.1 Å². The summed E-state index contributed by atoms with van der Waals surface area (Å²) in [6, 6.07) is 12.9. The molecular weight excluding hydrogens is 327 g/mol. The van der Waals surface area contributed by atoms with Gasteiger partial charge in [-0.05, 0) is 68.0 Å². The van der Waals surface area contributed by atoms with Crippen molar-refractivity contribution in [1.82, 2.24) is 10.6 Å². The molecule has 0 unspecified atom stereocenters. The van der Waals surface area contributed by atoms with Crippen molar-refractivity contribution >= 4 is 23.2 Å². The van der Waals surface area contributed by atoms with Crippen LogP contribution >= 0.6 is 12.2 Å². The molecule has 4 nitrogen and oxygen atoms in total. The molecule has 2 aromatic carbocycles. The number of hydrogen-bond donors (Lipinski definition) is 2. The highest BCUT2D eigenvalue weighted by atomic mass is 32.1. The lowest BCUT2D eigenvalue weighted by atomic mass is 10.2. The molecule has 2 aromatic rings. The smallest absolute Gasteiger partial charge is 0.257 e. The maximum Gasteiger partial charge on any atom is 0.257 e. The molecule has 0 saturated carbocycles. The maximum absolute atomic E-state index is 12.8. The zero-order chi connectivity index (χ0) is 17.5. The fraction of sp³-hybridized carbons (Fsp3) is 0.222. The number of amides is 1. The van der Waals surface area contributed by atoms with E-state index in [4.69, 9.17) is 17.0 Å². The van der Waals surface area contributed by atoms with Crippen molar-refractivity contribution in [1.29, 1.82) is 0 Å². The summed E-state index contributed by atoms with van der Waals surface area (Å²) in [6.45, 7) is 4.42. The summed E-state index contributed by atoms with van der Waals surface area (Å²) in [5, 5.41) is 5.73. The molecule has 0 heterocycles. The lowest BCUT2D eigenvalue weighted by molar-refractivity contribution is 0.0976. The standard InChI is InChI=1S/C18H19FN2O2S/c1-12(2)23-16-9-3-13(4-10-16)11-20-18(24)21-17(22)14-5-7-15(19)8-6-14/h3-10,12H,11H2,1-2H3,(H2,20,21,22,24). The normalized spacial score (nSPS) is 10.3. The number of nitrogens with one attached hydrogen (secondary N) is 2. The summed E-state index contributed by atoms with van der Waals surface area (Å²) in [7, 11) is 0.